The predicted molar refractivity (Wildman–Crippen MR) is 138 cm³/mol. The summed E-state index contributed by atoms with van der Waals surface area (Å²) in [7, 11) is 1.64. The molecule has 0 aliphatic rings. The maximum Gasteiger partial charge on any atom is 0.297 e. The third-order valence-corrected chi connectivity index (χ3v) is 5.62. The fourth-order valence-corrected chi connectivity index (χ4v) is 3.59. The van der Waals surface area contributed by atoms with E-state index in [1.165, 1.54) is 11.1 Å². The SMILES string of the molecule is CCCCOc1c(OC/C=C(\C)CCC=C(C)C)c2ccc(OC)cc2n(CCCC)c1=O. The van der Waals surface area contributed by atoms with Gasteiger partial charge in [0.05, 0.1) is 19.2 Å². The number of aromatic nitrogens is 1. The van der Waals surface area contributed by atoms with E-state index in [-0.39, 0.29) is 5.56 Å². The van der Waals surface area contributed by atoms with Crippen molar-refractivity contribution in [2.45, 2.75) is 79.7 Å². The van der Waals surface area contributed by atoms with E-state index in [9.17, 15) is 4.79 Å². The summed E-state index contributed by atoms with van der Waals surface area (Å²) in [4.78, 5) is 13.5. The number of aryl methyl sites for hydroxylation is 1. The molecule has 5 heteroatoms. The Hall–Kier alpha value is -2.69. The van der Waals surface area contributed by atoms with Crippen LogP contribution in [0.2, 0.25) is 0 Å². The van der Waals surface area contributed by atoms with E-state index in [0.29, 0.717) is 37.0 Å². The molecule has 0 saturated carbocycles. The molecule has 2 aromatic rings. The summed E-state index contributed by atoms with van der Waals surface area (Å²) in [6.07, 6.45) is 10.1. The highest BCUT2D eigenvalue weighted by Gasteiger charge is 2.20. The largest absolute Gasteiger partial charge is 0.497 e. The topological polar surface area (TPSA) is 49.7 Å². The lowest BCUT2D eigenvalue weighted by Gasteiger charge is -2.19. The van der Waals surface area contributed by atoms with Crippen LogP contribution in [0.4, 0.5) is 0 Å². The molecule has 0 unspecified atom stereocenters. The minimum Gasteiger partial charge on any atom is -0.497 e. The van der Waals surface area contributed by atoms with E-state index in [2.05, 4.69) is 46.8 Å². The van der Waals surface area contributed by atoms with Gasteiger partial charge < -0.3 is 18.8 Å². The zero-order valence-corrected chi connectivity index (χ0v) is 21.3. The highest BCUT2D eigenvalue weighted by Crippen LogP contribution is 2.35. The number of hydrogen-bond acceptors (Lipinski definition) is 4. The molecule has 1 aromatic carbocycles. The lowest BCUT2D eigenvalue weighted by Crippen LogP contribution is -2.24. The number of unbranched alkanes of at least 4 members (excludes halogenated alkanes) is 2. The van der Waals surface area contributed by atoms with Crippen LogP contribution in [0.3, 0.4) is 0 Å². The van der Waals surface area contributed by atoms with Gasteiger partial charge in [0.2, 0.25) is 5.75 Å². The molecule has 0 saturated heterocycles. The fraction of sp³-hybridized carbons (Fsp3) is 0.536. The molecular weight excluding hydrogens is 414 g/mol. The number of pyridine rings is 1. The summed E-state index contributed by atoms with van der Waals surface area (Å²) >= 11 is 0. The van der Waals surface area contributed by atoms with Gasteiger partial charge in [-0.25, -0.2) is 0 Å². The maximum absolute atomic E-state index is 13.5. The number of rotatable bonds is 14. The number of hydrogen-bond donors (Lipinski definition) is 0. The summed E-state index contributed by atoms with van der Waals surface area (Å²) in [6.45, 7) is 12.1. The lowest BCUT2D eigenvalue weighted by atomic mass is 10.1. The van der Waals surface area contributed by atoms with Crippen LogP contribution in [-0.2, 0) is 6.54 Å². The molecule has 0 bridgehead atoms. The van der Waals surface area contributed by atoms with Crippen LogP contribution in [0, 0.1) is 0 Å². The van der Waals surface area contributed by atoms with Gasteiger partial charge in [-0.2, -0.15) is 0 Å². The Balaban J connectivity index is 2.47. The van der Waals surface area contributed by atoms with Crippen LogP contribution in [0.5, 0.6) is 17.2 Å². The number of fused-ring (bicyclic) bond motifs is 1. The summed E-state index contributed by atoms with van der Waals surface area (Å²) in [6, 6.07) is 5.78. The van der Waals surface area contributed by atoms with E-state index in [0.717, 1.165) is 49.4 Å². The lowest BCUT2D eigenvalue weighted by molar-refractivity contribution is 0.274. The summed E-state index contributed by atoms with van der Waals surface area (Å²) < 4.78 is 19.5. The summed E-state index contributed by atoms with van der Waals surface area (Å²) in [5.74, 6) is 1.55. The molecule has 0 atom stereocenters. The third-order valence-electron chi connectivity index (χ3n) is 5.62. The Morgan fingerprint density at radius 2 is 1.76 bits per heavy atom. The molecule has 0 spiro atoms. The van der Waals surface area contributed by atoms with Crippen molar-refractivity contribution in [3.8, 4) is 17.2 Å². The highest BCUT2D eigenvalue weighted by molar-refractivity contribution is 5.89. The Labute approximate surface area is 199 Å². The number of nitrogens with zero attached hydrogens (tertiary/aromatic N) is 1. The minimum atomic E-state index is -0.139. The predicted octanol–water partition coefficient (Wildman–Crippen LogP) is 7.06. The van der Waals surface area contributed by atoms with Gasteiger partial charge in [0.15, 0.2) is 5.75 Å². The van der Waals surface area contributed by atoms with E-state index in [4.69, 9.17) is 14.2 Å². The van der Waals surface area contributed by atoms with Gasteiger partial charge in [-0.3, -0.25) is 4.79 Å². The van der Waals surface area contributed by atoms with Gasteiger partial charge in [-0.05, 0) is 64.7 Å². The van der Waals surface area contributed by atoms with E-state index < -0.39 is 0 Å². The second kappa shape index (κ2) is 13.8. The molecule has 0 radical (unpaired) electrons. The molecule has 5 nitrogen and oxygen atoms in total. The van der Waals surface area contributed by atoms with Gasteiger partial charge >= 0.3 is 0 Å². The van der Waals surface area contributed by atoms with Crippen molar-refractivity contribution in [3.63, 3.8) is 0 Å². The molecule has 0 aliphatic heterocycles. The first-order valence-electron chi connectivity index (χ1n) is 12.2. The molecule has 0 fully saturated rings. The monoisotopic (exact) mass is 455 g/mol. The van der Waals surface area contributed by atoms with Crippen LogP contribution in [0.1, 0.15) is 73.1 Å². The molecule has 0 amide bonds. The van der Waals surface area contributed by atoms with Crippen LogP contribution in [-0.4, -0.2) is 24.9 Å². The average molecular weight is 456 g/mol. The van der Waals surface area contributed by atoms with E-state index in [1.807, 2.05) is 18.2 Å². The standard InChI is InChI=1S/C28H41NO4/c1-7-9-17-29-25-20-23(31-6)14-15-24(25)26(27(28(29)30)32-18-10-8-2)33-19-16-22(5)13-11-12-21(3)4/h12,14-16,20H,7-11,13,17-19H2,1-6H3/b22-16+. The number of methoxy groups -OCH3 is 1. The van der Waals surface area contributed by atoms with Gasteiger partial charge in [-0.1, -0.05) is 43.9 Å². The zero-order chi connectivity index (χ0) is 24.2. The van der Waals surface area contributed by atoms with Crippen molar-refractivity contribution in [2.24, 2.45) is 0 Å². The van der Waals surface area contributed by atoms with Crippen LogP contribution in [0.25, 0.3) is 10.9 Å². The Bertz CT molecular complexity index is 1010. The normalized spacial score (nSPS) is 11.5. The smallest absolute Gasteiger partial charge is 0.297 e. The fourth-order valence-electron chi connectivity index (χ4n) is 3.59. The second-order valence-electron chi connectivity index (χ2n) is 8.74. The van der Waals surface area contributed by atoms with Gasteiger partial charge in [0.1, 0.15) is 12.4 Å². The molecule has 0 aliphatic carbocycles. The quantitative estimate of drug-likeness (QED) is 0.226. The molecule has 1 heterocycles. The van der Waals surface area contributed by atoms with Gasteiger partial charge in [0, 0.05) is 18.0 Å². The van der Waals surface area contributed by atoms with Crippen molar-refractivity contribution < 1.29 is 14.2 Å². The molecule has 182 valence electrons. The molecule has 1 aromatic heterocycles. The van der Waals surface area contributed by atoms with Crippen molar-refractivity contribution in [1.29, 1.82) is 0 Å². The van der Waals surface area contributed by atoms with Crippen LogP contribution < -0.4 is 19.8 Å². The van der Waals surface area contributed by atoms with Crippen molar-refractivity contribution >= 4 is 10.9 Å². The van der Waals surface area contributed by atoms with Crippen molar-refractivity contribution in [2.75, 3.05) is 20.3 Å². The highest BCUT2D eigenvalue weighted by atomic mass is 16.5. The number of allylic oxidation sites excluding steroid dienone is 3. The second-order valence-corrected chi connectivity index (χ2v) is 8.74. The van der Waals surface area contributed by atoms with E-state index in [1.54, 1.807) is 11.7 Å². The van der Waals surface area contributed by atoms with Gasteiger partial charge in [0.25, 0.3) is 5.56 Å². The van der Waals surface area contributed by atoms with Crippen molar-refractivity contribution in [1.82, 2.24) is 4.57 Å². The average Bonchev–Trinajstić information content (AvgIpc) is 2.79. The maximum atomic E-state index is 13.5. The Kier molecular flexibility index (Phi) is 11.1. The van der Waals surface area contributed by atoms with E-state index >= 15 is 0 Å². The molecular formula is C28H41NO4. The first kappa shape index (κ1) is 26.6. The number of ether oxygens (including phenoxy) is 3. The van der Waals surface area contributed by atoms with Crippen LogP contribution in [0.15, 0.2) is 46.3 Å². The Morgan fingerprint density at radius 3 is 2.42 bits per heavy atom. The first-order valence-corrected chi connectivity index (χ1v) is 12.2. The zero-order valence-electron chi connectivity index (χ0n) is 21.3. The summed E-state index contributed by atoms with van der Waals surface area (Å²) in [5.41, 5.74) is 3.27. The first-order chi connectivity index (χ1) is 15.9. The molecule has 2 rings (SSSR count). The van der Waals surface area contributed by atoms with Gasteiger partial charge in [-0.15, -0.1) is 0 Å². The Morgan fingerprint density at radius 1 is 1.00 bits per heavy atom. The minimum absolute atomic E-state index is 0.139. The summed E-state index contributed by atoms with van der Waals surface area (Å²) in [5, 5.41) is 0.869. The molecule has 0 N–H and O–H groups in total. The van der Waals surface area contributed by atoms with Crippen LogP contribution >= 0.6 is 0 Å². The third kappa shape index (κ3) is 7.69. The van der Waals surface area contributed by atoms with Crippen molar-refractivity contribution in [3.05, 3.63) is 51.9 Å². The number of benzene rings is 1. The molecule has 33 heavy (non-hydrogen) atoms.